The second-order valence-corrected chi connectivity index (χ2v) is 5.61. The average Bonchev–Trinajstić information content (AvgIpc) is 3.15. The van der Waals surface area contributed by atoms with Crippen molar-refractivity contribution in [2.45, 2.75) is 25.1 Å². The molecule has 1 aromatic carbocycles. The Labute approximate surface area is 132 Å². The van der Waals surface area contributed by atoms with Crippen molar-refractivity contribution in [3.63, 3.8) is 0 Å². The summed E-state index contributed by atoms with van der Waals surface area (Å²) < 4.78 is 11.0. The molecule has 2 aromatic rings. The zero-order chi connectivity index (χ0) is 15.5. The number of nitrogens with one attached hydrogen (secondary N) is 1. The van der Waals surface area contributed by atoms with Gasteiger partial charge in [0, 0.05) is 23.2 Å². The molecule has 116 valence electrons. The summed E-state index contributed by atoms with van der Waals surface area (Å²) in [6, 6.07) is 11.0. The fourth-order valence-corrected chi connectivity index (χ4v) is 2.64. The molecule has 0 amide bonds. The van der Waals surface area contributed by atoms with Crippen LogP contribution in [0.3, 0.4) is 0 Å². The van der Waals surface area contributed by atoms with Gasteiger partial charge in [0.2, 0.25) is 0 Å². The molecule has 2 atom stereocenters. The van der Waals surface area contributed by atoms with E-state index in [9.17, 15) is 4.79 Å². The fraction of sp³-hybridized carbons (Fsp3) is 0.312. The maximum Gasteiger partial charge on any atom is 0.334 e. The minimum atomic E-state index is -0.934. The zero-order valence-electron chi connectivity index (χ0n) is 11.8. The van der Waals surface area contributed by atoms with Crippen molar-refractivity contribution in [2.75, 3.05) is 6.61 Å². The molecule has 2 N–H and O–H groups in total. The van der Waals surface area contributed by atoms with Crippen LogP contribution in [0.15, 0.2) is 40.8 Å². The lowest BCUT2D eigenvalue weighted by Gasteiger charge is -2.15. The van der Waals surface area contributed by atoms with Crippen LogP contribution in [0.25, 0.3) is 11.3 Å². The number of carboxylic acids is 1. The number of rotatable bonds is 5. The van der Waals surface area contributed by atoms with E-state index in [0.29, 0.717) is 24.6 Å². The Hall–Kier alpha value is -1.82. The van der Waals surface area contributed by atoms with Crippen molar-refractivity contribution >= 4 is 17.6 Å². The van der Waals surface area contributed by atoms with Crippen molar-refractivity contribution in [3.8, 4) is 11.3 Å². The molecule has 3 rings (SSSR count). The highest BCUT2D eigenvalue weighted by Crippen LogP contribution is 2.24. The van der Waals surface area contributed by atoms with Crippen LogP contribution in [-0.4, -0.2) is 29.8 Å². The van der Waals surface area contributed by atoms with Gasteiger partial charge in [-0.05, 0) is 42.8 Å². The van der Waals surface area contributed by atoms with Crippen molar-refractivity contribution in [1.29, 1.82) is 0 Å². The summed E-state index contributed by atoms with van der Waals surface area (Å²) in [5.74, 6) is 0.572. The van der Waals surface area contributed by atoms with Gasteiger partial charge in [0.25, 0.3) is 0 Å². The first-order valence-electron chi connectivity index (χ1n) is 7.06. The van der Waals surface area contributed by atoms with Gasteiger partial charge in [-0.2, -0.15) is 0 Å². The normalized spacial score (nSPS) is 21.1. The number of hydrogen-bond acceptors (Lipinski definition) is 4. The predicted octanol–water partition coefficient (Wildman–Crippen LogP) is 2.93. The third-order valence-electron chi connectivity index (χ3n) is 3.66. The van der Waals surface area contributed by atoms with Crippen LogP contribution in [0.2, 0.25) is 5.02 Å². The van der Waals surface area contributed by atoms with Crippen molar-refractivity contribution in [2.24, 2.45) is 0 Å². The summed E-state index contributed by atoms with van der Waals surface area (Å²) in [5, 5.41) is 12.9. The van der Waals surface area contributed by atoms with Gasteiger partial charge < -0.3 is 19.6 Å². The van der Waals surface area contributed by atoms with Crippen LogP contribution in [0, 0.1) is 0 Å². The van der Waals surface area contributed by atoms with Gasteiger partial charge in [0.05, 0.1) is 6.54 Å². The molecule has 0 saturated carbocycles. The van der Waals surface area contributed by atoms with E-state index in [2.05, 4.69) is 5.32 Å². The summed E-state index contributed by atoms with van der Waals surface area (Å²) in [7, 11) is 0. The topological polar surface area (TPSA) is 71.7 Å². The molecule has 5 nitrogen and oxygen atoms in total. The molecule has 1 fully saturated rings. The highest BCUT2D eigenvalue weighted by Gasteiger charge is 2.33. The standard InChI is InChI=1S/C16H16ClNO4/c17-11-3-1-10(2-4-11)14-6-5-12(22-14)9-18-13-7-8-21-15(13)16(19)20/h1-6,13,15,18H,7-9H2,(H,19,20)/t13-,15+/m0/s1. The van der Waals surface area contributed by atoms with Crippen LogP contribution < -0.4 is 5.32 Å². The van der Waals surface area contributed by atoms with E-state index in [1.54, 1.807) is 0 Å². The highest BCUT2D eigenvalue weighted by molar-refractivity contribution is 6.30. The first kappa shape index (κ1) is 15.1. The number of carboxylic acid groups (broad SMARTS) is 1. The summed E-state index contributed by atoms with van der Waals surface area (Å²) in [6.45, 7) is 0.925. The molecular formula is C16H16ClNO4. The molecule has 0 aliphatic carbocycles. The molecule has 0 bridgehead atoms. The van der Waals surface area contributed by atoms with Gasteiger partial charge in [-0.1, -0.05) is 11.6 Å². The zero-order valence-corrected chi connectivity index (χ0v) is 12.5. The molecule has 1 saturated heterocycles. The SMILES string of the molecule is O=C(O)[C@@H]1OCC[C@@H]1NCc1ccc(-c2ccc(Cl)cc2)o1. The van der Waals surface area contributed by atoms with Crippen molar-refractivity contribution < 1.29 is 19.1 Å². The third-order valence-corrected chi connectivity index (χ3v) is 3.92. The molecule has 2 heterocycles. The minimum Gasteiger partial charge on any atom is -0.479 e. The first-order valence-corrected chi connectivity index (χ1v) is 7.44. The molecule has 1 aliphatic rings. The monoisotopic (exact) mass is 321 g/mol. The van der Waals surface area contributed by atoms with Gasteiger partial charge in [-0.3, -0.25) is 0 Å². The third kappa shape index (κ3) is 3.32. The molecule has 0 spiro atoms. The van der Waals surface area contributed by atoms with Gasteiger partial charge in [0.1, 0.15) is 11.5 Å². The quantitative estimate of drug-likeness (QED) is 0.886. The van der Waals surface area contributed by atoms with Crippen LogP contribution in [0.5, 0.6) is 0 Å². The number of carbonyl (C=O) groups is 1. The second-order valence-electron chi connectivity index (χ2n) is 5.18. The van der Waals surface area contributed by atoms with Crippen LogP contribution >= 0.6 is 11.6 Å². The lowest BCUT2D eigenvalue weighted by molar-refractivity contribution is -0.148. The number of hydrogen-bond donors (Lipinski definition) is 2. The molecule has 22 heavy (non-hydrogen) atoms. The fourth-order valence-electron chi connectivity index (χ4n) is 2.52. The summed E-state index contributed by atoms with van der Waals surface area (Å²) >= 11 is 5.87. The minimum absolute atomic E-state index is 0.193. The van der Waals surface area contributed by atoms with Crippen molar-refractivity contribution in [1.82, 2.24) is 5.32 Å². The predicted molar refractivity (Wildman–Crippen MR) is 81.8 cm³/mol. The Morgan fingerprint density at radius 3 is 2.77 bits per heavy atom. The van der Waals surface area contributed by atoms with Crippen LogP contribution in [0.1, 0.15) is 12.2 Å². The van der Waals surface area contributed by atoms with E-state index >= 15 is 0 Å². The smallest absolute Gasteiger partial charge is 0.334 e. The Balaban J connectivity index is 1.62. The van der Waals surface area contributed by atoms with Gasteiger partial charge in [-0.15, -0.1) is 0 Å². The van der Waals surface area contributed by atoms with E-state index in [0.717, 1.165) is 17.1 Å². The Morgan fingerprint density at radius 1 is 1.27 bits per heavy atom. The van der Waals surface area contributed by atoms with Crippen LogP contribution in [0.4, 0.5) is 0 Å². The van der Waals surface area contributed by atoms with Gasteiger partial charge in [-0.25, -0.2) is 4.79 Å². The van der Waals surface area contributed by atoms with E-state index in [1.807, 2.05) is 36.4 Å². The number of halogens is 1. The number of aliphatic carboxylic acids is 1. The lowest BCUT2D eigenvalue weighted by atomic mass is 10.1. The number of ether oxygens (including phenoxy) is 1. The van der Waals surface area contributed by atoms with Crippen molar-refractivity contribution in [3.05, 3.63) is 47.2 Å². The van der Waals surface area contributed by atoms with Gasteiger partial charge >= 0.3 is 5.97 Å². The first-order chi connectivity index (χ1) is 10.6. The molecule has 0 unspecified atom stereocenters. The molecular weight excluding hydrogens is 306 g/mol. The largest absolute Gasteiger partial charge is 0.479 e. The highest BCUT2D eigenvalue weighted by atomic mass is 35.5. The summed E-state index contributed by atoms with van der Waals surface area (Å²) in [6.07, 6.45) is -0.104. The molecule has 1 aromatic heterocycles. The number of benzene rings is 1. The molecule has 6 heteroatoms. The Bertz CT molecular complexity index is 652. The second kappa shape index (κ2) is 6.52. The van der Waals surface area contributed by atoms with E-state index in [1.165, 1.54) is 0 Å². The summed E-state index contributed by atoms with van der Waals surface area (Å²) in [5.41, 5.74) is 0.947. The van der Waals surface area contributed by atoms with E-state index < -0.39 is 12.1 Å². The summed E-state index contributed by atoms with van der Waals surface area (Å²) in [4.78, 5) is 11.0. The number of furan rings is 1. The average molecular weight is 322 g/mol. The Morgan fingerprint density at radius 2 is 2.05 bits per heavy atom. The lowest BCUT2D eigenvalue weighted by Crippen LogP contribution is -2.40. The van der Waals surface area contributed by atoms with E-state index in [4.69, 9.17) is 25.9 Å². The maximum absolute atomic E-state index is 11.0. The Kier molecular flexibility index (Phi) is 4.47. The maximum atomic E-state index is 11.0. The van der Waals surface area contributed by atoms with Crippen LogP contribution in [-0.2, 0) is 16.1 Å². The molecule has 0 radical (unpaired) electrons. The molecule has 1 aliphatic heterocycles. The van der Waals surface area contributed by atoms with E-state index in [-0.39, 0.29) is 6.04 Å². The van der Waals surface area contributed by atoms with Gasteiger partial charge in [0.15, 0.2) is 6.10 Å².